The normalized spacial score (nSPS) is 20.5. The number of carbonyl (C=O) groups excluding carboxylic acids is 2. The SMILES string of the molecule is Cc1cc(C)cc(C(=O)N2CCC(N3CCC(NC(=O)c4ccccc4N)CC3)CC2Cc2ccccc2)c1. The lowest BCUT2D eigenvalue weighted by Crippen LogP contribution is -2.55. The number of nitrogen functional groups attached to an aromatic ring is 1. The third-order valence-electron chi connectivity index (χ3n) is 8.32. The van der Waals surface area contributed by atoms with E-state index in [0.29, 0.717) is 17.3 Å². The fraction of sp³-hybridized carbons (Fsp3) is 0.394. The van der Waals surface area contributed by atoms with Gasteiger partial charge in [-0.2, -0.15) is 0 Å². The van der Waals surface area contributed by atoms with Crippen LogP contribution in [0, 0.1) is 13.8 Å². The maximum Gasteiger partial charge on any atom is 0.254 e. The first-order valence-electron chi connectivity index (χ1n) is 14.2. The van der Waals surface area contributed by atoms with Crippen LogP contribution >= 0.6 is 0 Å². The van der Waals surface area contributed by atoms with Gasteiger partial charge in [-0.3, -0.25) is 9.59 Å². The molecule has 0 radical (unpaired) electrons. The molecule has 0 aliphatic carbocycles. The quantitative estimate of drug-likeness (QED) is 0.445. The Morgan fingerprint density at radius 2 is 1.54 bits per heavy atom. The second kappa shape index (κ2) is 12.0. The average molecular weight is 525 g/mol. The monoisotopic (exact) mass is 524 g/mol. The fourth-order valence-corrected chi connectivity index (χ4v) is 6.35. The zero-order valence-corrected chi connectivity index (χ0v) is 23.1. The van der Waals surface area contributed by atoms with Crippen molar-refractivity contribution in [2.45, 2.75) is 64.1 Å². The number of para-hydroxylation sites is 1. The van der Waals surface area contributed by atoms with E-state index in [9.17, 15) is 9.59 Å². The number of piperidine rings is 2. The Hall–Kier alpha value is -3.64. The average Bonchev–Trinajstić information content (AvgIpc) is 2.93. The van der Waals surface area contributed by atoms with E-state index in [1.807, 2.05) is 30.3 Å². The molecule has 39 heavy (non-hydrogen) atoms. The number of likely N-dealkylation sites (tertiary alicyclic amines) is 2. The number of benzene rings is 3. The molecule has 6 heteroatoms. The summed E-state index contributed by atoms with van der Waals surface area (Å²) in [5.41, 5.74) is 11.4. The number of amides is 2. The standard InChI is InChI=1S/C33H40N4O2/c1-23-18-24(2)20-26(19-23)33(39)37-17-14-28(22-29(37)21-25-8-4-3-5-9-25)36-15-12-27(13-16-36)35-32(38)30-10-6-7-11-31(30)34/h3-11,18-20,27-29H,12-17,21-22,34H2,1-2H3,(H,35,38). The number of nitrogens with one attached hydrogen (secondary N) is 1. The molecule has 6 nitrogen and oxygen atoms in total. The molecule has 0 bridgehead atoms. The lowest BCUT2D eigenvalue weighted by atomic mass is 9.89. The highest BCUT2D eigenvalue weighted by Gasteiger charge is 2.36. The Bertz CT molecular complexity index is 1280. The Labute approximate surface area is 232 Å². The molecule has 3 N–H and O–H groups in total. The third kappa shape index (κ3) is 6.51. The first-order valence-corrected chi connectivity index (χ1v) is 14.2. The molecule has 2 unspecified atom stereocenters. The molecule has 5 rings (SSSR count). The van der Waals surface area contributed by atoms with Crippen molar-refractivity contribution in [2.75, 3.05) is 25.4 Å². The van der Waals surface area contributed by atoms with Crippen LogP contribution in [0.2, 0.25) is 0 Å². The fourth-order valence-electron chi connectivity index (χ4n) is 6.35. The molecule has 2 aliphatic heterocycles. The summed E-state index contributed by atoms with van der Waals surface area (Å²) in [5.74, 6) is 0.0514. The van der Waals surface area contributed by atoms with Crippen LogP contribution in [0.25, 0.3) is 0 Å². The number of hydrogen-bond donors (Lipinski definition) is 2. The third-order valence-corrected chi connectivity index (χ3v) is 8.32. The molecule has 2 aliphatic rings. The molecule has 2 amide bonds. The van der Waals surface area contributed by atoms with E-state index in [4.69, 9.17) is 5.73 Å². The molecule has 2 atom stereocenters. The Morgan fingerprint density at radius 3 is 2.23 bits per heavy atom. The van der Waals surface area contributed by atoms with Crippen molar-refractivity contribution >= 4 is 17.5 Å². The summed E-state index contributed by atoms with van der Waals surface area (Å²) in [4.78, 5) is 31.2. The summed E-state index contributed by atoms with van der Waals surface area (Å²) >= 11 is 0. The molecule has 204 valence electrons. The van der Waals surface area contributed by atoms with Crippen molar-refractivity contribution in [3.8, 4) is 0 Å². The minimum Gasteiger partial charge on any atom is -0.398 e. The molecular formula is C33H40N4O2. The van der Waals surface area contributed by atoms with E-state index >= 15 is 0 Å². The van der Waals surface area contributed by atoms with Crippen molar-refractivity contribution in [3.05, 3.63) is 101 Å². The predicted molar refractivity (Wildman–Crippen MR) is 157 cm³/mol. The van der Waals surface area contributed by atoms with E-state index in [0.717, 1.165) is 68.4 Å². The summed E-state index contributed by atoms with van der Waals surface area (Å²) < 4.78 is 0. The molecule has 2 heterocycles. The van der Waals surface area contributed by atoms with E-state index in [2.05, 4.69) is 59.3 Å². The van der Waals surface area contributed by atoms with Gasteiger partial charge in [0.25, 0.3) is 11.8 Å². The second-order valence-electron chi connectivity index (χ2n) is 11.3. The van der Waals surface area contributed by atoms with Gasteiger partial charge in [-0.05, 0) is 75.8 Å². The molecule has 2 fully saturated rings. The number of hydrogen-bond acceptors (Lipinski definition) is 4. The van der Waals surface area contributed by atoms with Gasteiger partial charge in [-0.15, -0.1) is 0 Å². The van der Waals surface area contributed by atoms with Gasteiger partial charge in [0.1, 0.15) is 0 Å². The van der Waals surface area contributed by atoms with Crippen molar-refractivity contribution in [1.29, 1.82) is 0 Å². The molecule has 3 aromatic rings. The molecule has 3 aromatic carbocycles. The van der Waals surface area contributed by atoms with Crippen molar-refractivity contribution < 1.29 is 9.59 Å². The number of nitrogens with two attached hydrogens (primary N) is 1. The van der Waals surface area contributed by atoms with E-state index in [-0.39, 0.29) is 23.9 Å². The first kappa shape index (κ1) is 26.9. The topological polar surface area (TPSA) is 78.7 Å². The minimum absolute atomic E-state index is 0.0901. The first-order chi connectivity index (χ1) is 18.9. The van der Waals surface area contributed by atoms with E-state index in [1.165, 1.54) is 5.56 Å². The summed E-state index contributed by atoms with van der Waals surface area (Å²) in [7, 11) is 0. The largest absolute Gasteiger partial charge is 0.398 e. The molecule has 0 spiro atoms. The van der Waals surface area contributed by atoms with Crippen LogP contribution in [0.15, 0.2) is 72.8 Å². The van der Waals surface area contributed by atoms with Crippen LogP contribution in [-0.2, 0) is 6.42 Å². The lowest BCUT2D eigenvalue weighted by Gasteiger charge is -2.45. The van der Waals surface area contributed by atoms with E-state index in [1.54, 1.807) is 12.1 Å². The van der Waals surface area contributed by atoms with Gasteiger partial charge in [0, 0.05) is 49.0 Å². The van der Waals surface area contributed by atoms with Crippen LogP contribution in [-0.4, -0.2) is 59.4 Å². The van der Waals surface area contributed by atoms with Crippen LogP contribution in [0.4, 0.5) is 5.69 Å². The van der Waals surface area contributed by atoms with Gasteiger partial charge in [0.05, 0.1) is 5.56 Å². The number of nitrogens with zero attached hydrogens (tertiary/aromatic N) is 2. The predicted octanol–water partition coefficient (Wildman–Crippen LogP) is 5.00. The molecule has 2 saturated heterocycles. The highest BCUT2D eigenvalue weighted by Crippen LogP contribution is 2.29. The van der Waals surface area contributed by atoms with Gasteiger partial charge in [-0.1, -0.05) is 59.7 Å². The summed E-state index contributed by atoms with van der Waals surface area (Å²) in [6, 6.07) is 24.6. The maximum absolute atomic E-state index is 13.7. The zero-order chi connectivity index (χ0) is 27.4. The van der Waals surface area contributed by atoms with Gasteiger partial charge < -0.3 is 20.9 Å². The van der Waals surface area contributed by atoms with Crippen molar-refractivity contribution in [1.82, 2.24) is 15.1 Å². The van der Waals surface area contributed by atoms with Crippen LogP contribution in [0.3, 0.4) is 0 Å². The van der Waals surface area contributed by atoms with Gasteiger partial charge in [0.2, 0.25) is 0 Å². The summed E-state index contributed by atoms with van der Waals surface area (Å²) in [6.07, 6.45) is 4.63. The van der Waals surface area contributed by atoms with Crippen molar-refractivity contribution in [2.24, 2.45) is 0 Å². The van der Waals surface area contributed by atoms with Crippen LogP contribution in [0.1, 0.15) is 63.1 Å². The second-order valence-corrected chi connectivity index (χ2v) is 11.3. The Morgan fingerprint density at radius 1 is 0.872 bits per heavy atom. The Balaban J connectivity index is 1.24. The Kier molecular flexibility index (Phi) is 8.32. The van der Waals surface area contributed by atoms with E-state index < -0.39 is 0 Å². The molecular weight excluding hydrogens is 484 g/mol. The van der Waals surface area contributed by atoms with Crippen LogP contribution in [0.5, 0.6) is 0 Å². The highest BCUT2D eigenvalue weighted by molar-refractivity contribution is 5.99. The molecule has 0 saturated carbocycles. The lowest BCUT2D eigenvalue weighted by molar-refractivity contribution is 0.0373. The minimum atomic E-state index is -0.0901. The summed E-state index contributed by atoms with van der Waals surface area (Å²) in [5, 5.41) is 3.19. The van der Waals surface area contributed by atoms with Crippen LogP contribution < -0.4 is 11.1 Å². The van der Waals surface area contributed by atoms with Gasteiger partial charge >= 0.3 is 0 Å². The van der Waals surface area contributed by atoms with Gasteiger partial charge in [-0.25, -0.2) is 0 Å². The maximum atomic E-state index is 13.7. The van der Waals surface area contributed by atoms with Crippen molar-refractivity contribution in [3.63, 3.8) is 0 Å². The van der Waals surface area contributed by atoms with Gasteiger partial charge in [0.15, 0.2) is 0 Å². The zero-order valence-electron chi connectivity index (χ0n) is 23.1. The number of anilines is 1. The number of rotatable bonds is 6. The number of aryl methyl sites for hydroxylation is 2. The summed E-state index contributed by atoms with van der Waals surface area (Å²) in [6.45, 7) is 6.76. The number of carbonyl (C=O) groups is 2. The molecule has 0 aromatic heterocycles. The smallest absolute Gasteiger partial charge is 0.254 e. The highest BCUT2D eigenvalue weighted by atomic mass is 16.2.